The van der Waals surface area contributed by atoms with E-state index in [1.807, 2.05) is 5.38 Å². The molecule has 26 heavy (non-hydrogen) atoms. The highest BCUT2D eigenvalue weighted by atomic mass is 35.5. The highest BCUT2D eigenvalue weighted by Crippen LogP contribution is 2.23. The quantitative estimate of drug-likeness (QED) is 0.221. The summed E-state index contributed by atoms with van der Waals surface area (Å²) in [6.45, 7) is 0. The third kappa shape index (κ3) is 4.61. The molecule has 0 atom stereocenters. The number of allylic oxidation sites excluding steroid dienone is 1. The highest BCUT2D eigenvalue weighted by molar-refractivity contribution is 7.12. The smallest absolute Gasteiger partial charge is 0.353 e. The Balaban J connectivity index is 1.65. The van der Waals surface area contributed by atoms with E-state index in [0.29, 0.717) is 26.2 Å². The van der Waals surface area contributed by atoms with E-state index in [2.05, 4.69) is 0 Å². The van der Waals surface area contributed by atoms with Gasteiger partial charge in [0.15, 0.2) is 5.78 Å². The van der Waals surface area contributed by atoms with Gasteiger partial charge < -0.3 is 4.74 Å². The van der Waals surface area contributed by atoms with Gasteiger partial charge in [0, 0.05) is 5.56 Å². The van der Waals surface area contributed by atoms with Crippen LogP contribution in [0.15, 0.2) is 66.1 Å². The number of thiophene rings is 1. The minimum atomic E-state index is -0.391. The van der Waals surface area contributed by atoms with Crippen LogP contribution in [-0.2, 0) is 0 Å². The Kier molecular flexibility index (Phi) is 5.89. The lowest BCUT2D eigenvalue weighted by molar-refractivity contribution is 0.0739. The molecule has 0 fully saturated rings. The van der Waals surface area contributed by atoms with Gasteiger partial charge in [-0.15, -0.1) is 11.3 Å². The van der Waals surface area contributed by atoms with Gasteiger partial charge in [0.25, 0.3) is 0 Å². The second-order valence-corrected chi connectivity index (χ2v) is 7.02. The fraction of sp³-hybridized carbons (Fsp3) is 0. The average Bonchev–Trinajstić information content (AvgIpc) is 3.18. The molecule has 0 unspecified atom stereocenters. The van der Waals surface area contributed by atoms with Crippen molar-refractivity contribution < 1.29 is 14.3 Å². The molecule has 0 N–H and O–H groups in total. The predicted octanol–water partition coefficient (Wildman–Crippen LogP) is 6.17. The molecular weight excluding hydrogens is 391 g/mol. The standard InChI is InChI=1S/C20H12Cl2O3S/c21-16-9-6-14(12-17(16)22)18(23)10-5-13-3-7-15(8-4-13)25-20(24)19-2-1-11-26-19/h1-12H/b10-5+. The van der Waals surface area contributed by atoms with Gasteiger partial charge in [0.2, 0.25) is 0 Å². The molecule has 0 bridgehead atoms. The molecule has 0 aliphatic rings. The van der Waals surface area contributed by atoms with Gasteiger partial charge in [-0.3, -0.25) is 4.79 Å². The van der Waals surface area contributed by atoms with Crippen molar-refractivity contribution in [3.8, 4) is 5.75 Å². The fourth-order valence-electron chi connectivity index (χ4n) is 2.12. The van der Waals surface area contributed by atoms with Gasteiger partial charge in [-0.1, -0.05) is 47.5 Å². The van der Waals surface area contributed by atoms with Gasteiger partial charge in [0.05, 0.1) is 10.0 Å². The van der Waals surface area contributed by atoms with Gasteiger partial charge in [-0.25, -0.2) is 4.79 Å². The summed E-state index contributed by atoms with van der Waals surface area (Å²) >= 11 is 13.1. The monoisotopic (exact) mass is 402 g/mol. The molecule has 0 saturated heterocycles. The third-order valence-electron chi connectivity index (χ3n) is 3.44. The molecule has 3 nitrogen and oxygen atoms in total. The van der Waals surface area contributed by atoms with Crippen LogP contribution in [0.25, 0.3) is 6.08 Å². The number of ketones is 1. The van der Waals surface area contributed by atoms with E-state index in [4.69, 9.17) is 27.9 Å². The van der Waals surface area contributed by atoms with E-state index in [1.165, 1.54) is 23.5 Å². The lowest BCUT2D eigenvalue weighted by Crippen LogP contribution is -2.05. The Morgan fingerprint density at radius 1 is 0.962 bits per heavy atom. The Labute approximate surface area is 164 Å². The normalized spacial score (nSPS) is 10.8. The van der Waals surface area contributed by atoms with Crippen LogP contribution in [0.5, 0.6) is 5.75 Å². The maximum absolute atomic E-state index is 12.2. The first-order valence-corrected chi connectivity index (χ1v) is 9.20. The van der Waals surface area contributed by atoms with Crippen LogP contribution in [0.2, 0.25) is 10.0 Å². The van der Waals surface area contributed by atoms with Crippen molar-refractivity contribution in [3.05, 3.63) is 92.1 Å². The van der Waals surface area contributed by atoms with E-state index in [0.717, 1.165) is 5.56 Å². The highest BCUT2D eigenvalue weighted by Gasteiger charge is 2.09. The summed E-state index contributed by atoms with van der Waals surface area (Å²) < 4.78 is 5.29. The van der Waals surface area contributed by atoms with Crippen molar-refractivity contribution in [1.82, 2.24) is 0 Å². The van der Waals surface area contributed by atoms with Crippen LogP contribution in [0, 0.1) is 0 Å². The maximum Gasteiger partial charge on any atom is 0.353 e. The molecule has 130 valence electrons. The second kappa shape index (κ2) is 8.32. The summed E-state index contributed by atoms with van der Waals surface area (Å²) in [5.74, 6) is -0.133. The van der Waals surface area contributed by atoms with Crippen molar-refractivity contribution in [1.29, 1.82) is 0 Å². The van der Waals surface area contributed by atoms with Crippen LogP contribution >= 0.6 is 34.5 Å². The topological polar surface area (TPSA) is 43.4 Å². The maximum atomic E-state index is 12.2. The number of esters is 1. The number of ether oxygens (including phenoxy) is 1. The Morgan fingerprint density at radius 2 is 1.73 bits per heavy atom. The molecule has 0 saturated carbocycles. The number of carbonyl (C=O) groups is 2. The molecule has 6 heteroatoms. The van der Waals surface area contributed by atoms with Crippen molar-refractivity contribution in [2.45, 2.75) is 0 Å². The first kappa shape index (κ1) is 18.4. The first-order chi connectivity index (χ1) is 12.5. The van der Waals surface area contributed by atoms with Gasteiger partial charge in [0.1, 0.15) is 10.6 Å². The number of rotatable bonds is 5. The van der Waals surface area contributed by atoms with Crippen LogP contribution in [0.1, 0.15) is 25.6 Å². The molecular formula is C20H12Cl2O3S. The second-order valence-electron chi connectivity index (χ2n) is 5.26. The number of hydrogen-bond acceptors (Lipinski definition) is 4. The van der Waals surface area contributed by atoms with Gasteiger partial charge in [-0.2, -0.15) is 0 Å². The van der Waals surface area contributed by atoms with E-state index >= 15 is 0 Å². The van der Waals surface area contributed by atoms with Crippen molar-refractivity contribution in [3.63, 3.8) is 0 Å². The largest absolute Gasteiger partial charge is 0.422 e. The summed E-state index contributed by atoms with van der Waals surface area (Å²) in [5, 5.41) is 2.55. The van der Waals surface area contributed by atoms with E-state index in [1.54, 1.807) is 54.6 Å². The van der Waals surface area contributed by atoms with E-state index in [9.17, 15) is 9.59 Å². The molecule has 0 aliphatic carbocycles. The van der Waals surface area contributed by atoms with Crippen LogP contribution < -0.4 is 4.74 Å². The molecule has 1 heterocycles. The number of hydrogen-bond donors (Lipinski definition) is 0. The van der Waals surface area contributed by atoms with E-state index in [-0.39, 0.29) is 5.78 Å². The van der Waals surface area contributed by atoms with Crippen molar-refractivity contribution >= 4 is 52.4 Å². The molecule has 3 aromatic rings. The van der Waals surface area contributed by atoms with Gasteiger partial charge in [-0.05, 0) is 53.4 Å². The molecule has 3 rings (SSSR count). The lowest BCUT2D eigenvalue weighted by Gasteiger charge is -2.03. The summed E-state index contributed by atoms with van der Waals surface area (Å²) in [7, 11) is 0. The van der Waals surface area contributed by atoms with Crippen LogP contribution in [0.4, 0.5) is 0 Å². The zero-order chi connectivity index (χ0) is 18.5. The van der Waals surface area contributed by atoms with Gasteiger partial charge >= 0.3 is 5.97 Å². The third-order valence-corrected chi connectivity index (χ3v) is 5.03. The molecule has 0 radical (unpaired) electrons. The summed E-state index contributed by atoms with van der Waals surface area (Å²) in [5.41, 5.74) is 1.26. The van der Waals surface area contributed by atoms with Crippen LogP contribution in [0.3, 0.4) is 0 Å². The SMILES string of the molecule is O=C(/C=C/c1ccc(OC(=O)c2cccs2)cc1)c1ccc(Cl)c(Cl)c1. The Morgan fingerprint density at radius 3 is 2.38 bits per heavy atom. The average molecular weight is 403 g/mol. The summed E-state index contributed by atoms with van der Waals surface area (Å²) in [6.07, 6.45) is 3.13. The van der Waals surface area contributed by atoms with E-state index < -0.39 is 5.97 Å². The minimum Gasteiger partial charge on any atom is -0.422 e. The Hall–Kier alpha value is -2.40. The Bertz CT molecular complexity index is 961. The zero-order valence-electron chi connectivity index (χ0n) is 13.3. The summed E-state index contributed by atoms with van der Waals surface area (Å²) in [4.78, 5) is 24.6. The molecule has 0 spiro atoms. The number of halogens is 2. The summed E-state index contributed by atoms with van der Waals surface area (Å²) in [6, 6.07) is 15.1. The minimum absolute atomic E-state index is 0.184. The molecule has 0 amide bonds. The first-order valence-electron chi connectivity index (χ1n) is 7.56. The van der Waals surface area contributed by atoms with Crippen molar-refractivity contribution in [2.75, 3.05) is 0 Å². The molecule has 2 aromatic carbocycles. The zero-order valence-corrected chi connectivity index (χ0v) is 15.6. The fourth-order valence-corrected chi connectivity index (χ4v) is 3.01. The number of benzene rings is 2. The molecule has 0 aliphatic heterocycles. The molecule has 1 aromatic heterocycles. The predicted molar refractivity (Wildman–Crippen MR) is 106 cm³/mol. The van der Waals surface area contributed by atoms with Crippen molar-refractivity contribution in [2.24, 2.45) is 0 Å². The lowest BCUT2D eigenvalue weighted by atomic mass is 10.1. The number of carbonyl (C=O) groups excluding carboxylic acids is 2. The van der Waals surface area contributed by atoms with Crippen LogP contribution in [-0.4, -0.2) is 11.8 Å².